The van der Waals surface area contributed by atoms with Crippen molar-refractivity contribution in [3.05, 3.63) is 45.5 Å². The van der Waals surface area contributed by atoms with Crippen molar-refractivity contribution in [1.29, 1.82) is 0 Å². The maximum absolute atomic E-state index is 12.7. The lowest BCUT2D eigenvalue weighted by molar-refractivity contribution is 0.287. The third-order valence-corrected chi connectivity index (χ3v) is 6.21. The van der Waals surface area contributed by atoms with Gasteiger partial charge < -0.3 is 14.2 Å². The lowest BCUT2D eigenvalue weighted by Crippen LogP contribution is -2.27. The third kappa shape index (κ3) is 5.49. The third-order valence-electron chi connectivity index (χ3n) is 3.83. The van der Waals surface area contributed by atoms with Crippen molar-refractivity contribution < 1.29 is 22.6 Å². The summed E-state index contributed by atoms with van der Waals surface area (Å²) in [5, 5.41) is 0. The molecule has 6 nitrogen and oxygen atoms in total. The fraction of sp³-hybridized carbons (Fsp3) is 0.368. The van der Waals surface area contributed by atoms with E-state index in [1.807, 2.05) is 42.5 Å². The Morgan fingerprint density at radius 2 is 1.63 bits per heavy atom. The van der Waals surface area contributed by atoms with Crippen molar-refractivity contribution in [1.82, 2.24) is 4.72 Å². The van der Waals surface area contributed by atoms with Crippen LogP contribution in [0.15, 0.2) is 41.3 Å². The summed E-state index contributed by atoms with van der Waals surface area (Å²) in [7, 11) is -2.13. The first kappa shape index (κ1) is 21.8. The van der Waals surface area contributed by atoms with Crippen LogP contribution in [0.3, 0.4) is 0 Å². The summed E-state index contributed by atoms with van der Waals surface area (Å²) in [5.41, 5.74) is 0.786. The van der Waals surface area contributed by atoms with Crippen LogP contribution in [0.5, 0.6) is 17.2 Å². The monoisotopic (exact) mass is 505 g/mol. The first-order valence-corrected chi connectivity index (χ1v) is 11.1. The number of rotatable bonds is 9. The molecule has 2 aromatic rings. The minimum atomic E-state index is -3.68. The molecule has 0 spiro atoms. The Morgan fingerprint density at radius 3 is 2.22 bits per heavy atom. The normalized spacial score (nSPS) is 12.5. The first-order chi connectivity index (χ1) is 12.8. The number of halogens is 1. The Bertz CT molecular complexity index is 886. The summed E-state index contributed by atoms with van der Waals surface area (Å²) in [4.78, 5) is 0.190. The van der Waals surface area contributed by atoms with Gasteiger partial charge in [-0.2, -0.15) is 0 Å². The van der Waals surface area contributed by atoms with Gasteiger partial charge in [0.25, 0.3) is 0 Å². The van der Waals surface area contributed by atoms with Crippen LogP contribution < -0.4 is 18.9 Å². The minimum absolute atomic E-state index is 0.190. The highest BCUT2D eigenvalue weighted by atomic mass is 127. The molecule has 0 fully saturated rings. The molecule has 0 aliphatic heterocycles. The number of ether oxygens (including phenoxy) is 3. The van der Waals surface area contributed by atoms with Gasteiger partial charge in [0.2, 0.25) is 10.0 Å². The zero-order valence-corrected chi connectivity index (χ0v) is 18.8. The molecule has 0 aliphatic rings. The van der Waals surface area contributed by atoms with E-state index >= 15 is 0 Å². The lowest BCUT2D eigenvalue weighted by atomic mass is 10.1. The van der Waals surface area contributed by atoms with Crippen LogP contribution in [0.4, 0.5) is 0 Å². The highest BCUT2D eigenvalue weighted by Gasteiger charge is 2.20. The molecule has 0 bridgehead atoms. The second kappa shape index (κ2) is 9.61. The Labute approximate surface area is 174 Å². The predicted octanol–water partition coefficient (Wildman–Crippen LogP) is 4.14. The van der Waals surface area contributed by atoms with E-state index in [2.05, 4.69) is 4.72 Å². The van der Waals surface area contributed by atoms with E-state index in [0.717, 1.165) is 9.13 Å². The summed E-state index contributed by atoms with van der Waals surface area (Å²) in [6.45, 7) is 6.60. The SMILES string of the molecule is CCOc1ccc(C(C)NS(=O)(=O)c2ccc(OC)c(I)c2)cc1OCC. The molecule has 0 amide bonds. The lowest BCUT2D eigenvalue weighted by Gasteiger charge is -2.18. The van der Waals surface area contributed by atoms with Gasteiger partial charge in [0, 0.05) is 6.04 Å². The molecule has 0 heterocycles. The number of hydrogen-bond acceptors (Lipinski definition) is 5. The van der Waals surface area contributed by atoms with E-state index in [-0.39, 0.29) is 4.90 Å². The zero-order valence-electron chi connectivity index (χ0n) is 15.8. The molecule has 2 aromatic carbocycles. The van der Waals surface area contributed by atoms with E-state index in [1.54, 1.807) is 38.3 Å². The van der Waals surface area contributed by atoms with Crippen LogP contribution in [0.1, 0.15) is 32.4 Å². The van der Waals surface area contributed by atoms with Gasteiger partial charge >= 0.3 is 0 Å². The van der Waals surface area contributed by atoms with Crippen LogP contribution in [0, 0.1) is 3.57 Å². The molecular weight excluding hydrogens is 481 g/mol. The number of hydrogen-bond donors (Lipinski definition) is 1. The molecule has 0 radical (unpaired) electrons. The highest BCUT2D eigenvalue weighted by Crippen LogP contribution is 2.31. The average molecular weight is 505 g/mol. The maximum Gasteiger partial charge on any atom is 0.241 e. The molecule has 1 atom stereocenters. The maximum atomic E-state index is 12.7. The number of nitrogens with one attached hydrogen (secondary N) is 1. The van der Waals surface area contributed by atoms with Gasteiger partial charge in [-0.1, -0.05) is 6.07 Å². The Morgan fingerprint density at radius 1 is 1.00 bits per heavy atom. The van der Waals surface area contributed by atoms with Gasteiger partial charge in [0.15, 0.2) is 11.5 Å². The summed E-state index contributed by atoms with van der Waals surface area (Å²) < 4.78 is 45.3. The second-order valence-corrected chi connectivity index (χ2v) is 8.59. The van der Waals surface area contributed by atoms with Crippen molar-refractivity contribution >= 4 is 32.6 Å². The summed E-state index contributed by atoms with van der Waals surface area (Å²) in [6.07, 6.45) is 0. The zero-order chi connectivity index (χ0) is 20.0. The average Bonchev–Trinajstić information content (AvgIpc) is 2.63. The molecule has 1 N–H and O–H groups in total. The van der Waals surface area contributed by atoms with Crippen LogP contribution in [0.2, 0.25) is 0 Å². The highest BCUT2D eigenvalue weighted by molar-refractivity contribution is 14.1. The van der Waals surface area contributed by atoms with Gasteiger partial charge in [0.05, 0.1) is 28.8 Å². The van der Waals surface area contributed by atoms with Crippen LogP contribution in [0.25, 0.3) is 0 Å². The molecule has 27 heavy (non-hydrogen) atoms. The molecule has 2 rings (SSSR count). The van der Waals surface area contributed by atoms with E-state index < -0.39 is 16.1 Å². The summed E-state index contributed by atoms with van der Waals surface area (Å²) in [6, 6.07) is 9.75. The molecule has 8 heteroatoms. The van der Waals surface area contributed by atoms with E-state index in [0.29, 0.717) is 30.5 Å². The van der Waals surface area contributed by atoms with E-state index in [1.165, 1.54) is 6.07 Å². The standard InChI is InChI=1S/C19H24INO5S/c1-5-25-18-9-7-14(11-19(18)26-6-2)13(3)21-27(22,23)15-8-10-17(24-4)16(20)12-15/h7-13,21H,5-6H2,1-4H3. The fourth-order valence-electron chi connectivity index (χ4n) is 2.52. The van der Waals surface area contributed by atoms with Gasteiger partial charge in [-0.15, -0.1) is 0 Å². The first-order valence-electron chi connectivity index (χ1n) is 8.57. The number of methoxy groups -OCH3 is 1. The Hall–Kier alpha value is -1.52. The van der Waals surface area contributed by atoms with Crippen LogP contribution in [-0.2, 0) is 10.0 Å². The van der Waals surface area contributed by atoms with Crippen LogP contribution in [-0.4, -0.2) is 28.7 Å². The Kier molecular flexibility index (Phi) is 7.75. The van der Waals surface area contributed by atoms with Gasteiger partial charge in [-0.05, 0) is 79.3 Å². The van der Waals surface area contributed by atoms with Crippen molar-refractivity contribution in [2.24, 2.45) is 0 Å². The quantitative estimate of drug-likeness (QED) is 0.519. The number of benzene rings is 2. The van der Waals surface area contributed by atoms with Gasteiger partial charge in [0.1, 0.15) is 5.75 Å². The largest absolute Gasteiger partial charge is 0.496 e. The van der Waals surface area contributed by atoms with Crippen molar-refractivity contribution in [3.8, 4) is 17.2 Å². The van der Waals surface area contributed by atoms with Crippen LogP contribution >= 0.6 is 22.6 Å². The number of sulfonamides is 1. The predicted molar refractivity (Wildman–Crippen MR) is 113 cm³/mol. The molecule has 0 saturated carbocycles. The molecule has 148 valence electrons. The minimum Gasteiger partial charge on any atom is -0.496 e. The van der Waals surface area contributed by atoms with Gasteiger partial charge in [-0.25, -0.2) is 13.1 Å². The summed E-state index contributed by atoms with van der Waals surface area (Å²) in [5.74, 6) is 1.88. The molecule has 1 unspecified atom stereocenters. The van der Waals surface area contributed by atoms with Crippen molar-refractivity contribution in [2.45, 2.75) is 31.7 Å². The molecule has 0 saturated heterocycles. The fourth-order valence-corrected chi connectivity index (χ4v) is 4.72. The summed E-state index contributed by atoms with van der Waals surface area (Å²) >= 11 is 2.05. The molecule has 0 aromatic heterocycles. The second-order valence-electron chi connectivity index (χ2n) is 5.71. The van der Waals surface area contributed by atoms with E-state index in [4.69, 9.17) is 14.2 Å². The van der Waals surface area contributed by atoms with Crippen molar-refractivity contribution in [3.63, 3.8) is 0 Å². The Balaban J connectivity index is 2.26. The molecular formula is C19H24INO5S. The van der Waals surface area contributed by atoms with Crippen molar-refractivity contribution in [2.75, 3.05) is 20.3 Å². The topological polar surface area (TPSA) is 73.9 Å². The smallest absolute Gasteiger partial charge is 0.241 e. The van der Waals surface area contributed by atoms with Gasteiger partial charge in [-0.3, -0.25) is 0 Å². The molecule has 0 aliphatic carbocycles. The van der Waals surface area contributed by atoms with E-state index in [9.17, 15) is 8.42 Å².